The molecule has 3 heterocycles. The van der Waals surface area contributed by atoms with E-state index in [0.717, 1.165) is 94.8 Å². The summed E-state index contributed by atoms with van der Waals surface area (Å²) in [4.78, 5) is 21.9. The lowest BCUT2D eigenvalue weighted by atomic mass is 9.96. The molecule has 0 unspecified atom stereocenters. The first-order valence-corrected chi connectivity index (χ1v) is 24.6. The van der Waals surface area contributed by atoms with Crippen molar-refractivity contribution in [2.24, 2.45) is 0 Å². The Labute approximate surface area is 425 Å². The average molecular weight is 937 g/mol. The highest BCUT2D eigenvalue weighted by atomic mass is 15.0. The maximum Gasteiger partial charge on any atom is 0.162 e. The van der Waals surface area contributed by atoms with Gasteiger partial charge < -0.3 is 4.57 Å². The molecule has 0 saturated carbocycles. The van der Waals surface area contributed by atoms with Crippen molar-refractivity contribution in [3.8, 4) is 102 Å². The number of benzene rings is 9. The lowest BCUT2D eigenvalue weighted by molar-refractivity contribution is 1.12. The molecular weight excluding hydrogens is 889 g/mol. The average Bonchev–Trinajstić information content (AvgIpc) is 3.75. The van der Waals surface area contributed by atoms with E-state index in [2.05, 4.69) is 160 Å². The molecule has 0 spiro atoms. The van der Waals surface area contributed by atoms with Crippen LogP contribution in [0.15, 0.2) is 218 Å². The zero-order valence-electron chi connectivity index (χ0n) is 41.0. The molecular formula is C67H48N6. The molecule has 12 rings (SSSR count). The first-order valence-electron chi connectivity index (χ1n) is 24.6. The van der Waals surface area contributed by atoms with Crippen LogP contribution in [-0.4, -0.2) is 24.5 Å². The van der Waals surface area contributed by atoms with Crippen molar-refractivity contribution < 1.29 is 0 Å². The summed E-state index contributed by atoms with van der Waals surface area (Å²) >= 11 is 0. The summed E-state index contributed by atoms with van der Waals surface area (Å²) in [5.74, 6) is 0.921. The van der Waals surface area contributed by atoms with E-state index in [-0.39, 0.29) is 0 Å². The van der Waals surface area contributed by atoms with Gasteiger partial charge in [-0.1, -0.05) is 193 Å². The summed E-state index contributed by atoms with van der Waals surface area (Å²) < 4.78 is 2.36. The minimum atomic E-state index is 0.423. The molecule has 0 radical (unpaired) electrons. The van der Waals surface area contributed by atoms with Crippen LogP contribution in [0, 0.1) is 39.0 Å². The zero-order chi connectivity index (χ0) is 49.6. The van der Waals surface area contributed by atoms with Crippen LogP contribution in [0.2, 0.25) is 0 Å². The quantitative estimate of drug-likeness (QED) is 0.144. The number of aryl methyl sites for hydroxylation is 4. The molecule has 3 aromatic heterocycles. The fraction of sp³-hybridized carbons (Fsp3) is 0.0597. The van der Waals surface area contributed by atoms with Gasteiger partial charge in [0.05, 0.1) is 51.1 Å². The molecule has 12 aromatic rings. The van der Waals surface area contributed by atoms with Crippen LogP contribution in [0.25, 0.3) is 118 Å². The Balaban J connectivity index is 1.26. The second kappa shape index (κ2) is 18.6. The second-order valence-corrected chi connectivity index (χ2v) is 18.9. The number of fused-ring (bicyclic) bond motifs is 3. The first kappa shape index (κ1) is 44.6. The predicted octanol–water partition coefficient (Wildman–Crippen LogP) is 16.8. The highest BCUT2D eigenvalue weighted by Crippen LogP contribution is 2.45. The number of nitriles is 1. The summed E-state index contributed by atoms with van der Waals surface area (Å²) in [6, 6.07) is 78.2. The van der Waals surface area contributed by atoms with Crippen molar-refractivity contribution in [2.75, 3.05) is 0 Å². The minimum Gasteiger partial charge on any atom is -0.308 e. The summed E-state index contributed by atoms with van der Waals surface area (Å²) in [7, 11) is 0. The van der Waals surface area contributed by atoms with Gasteiger partial charge in [-0.15, -0.1) is 0 Å². The minimum absolute atomic E-state index is 0.423. The maximum absolute atomic E-state index is 11.2. The van der Waals surface area contributed by atoms with Gasteiger partial charge in [0.2, 0.25) is 0 Å². The van der Waals surface area contributed by atoms with Gasteiger partial charge in [-0.05, 0) is 97.5 Å². The number of nitrogens with zero attached hydrogens (tertiary/aromatic N) is 6. The van der Waals surface area contributed by atoms with Crippen molar-refractivity contribution in [1.82, 2.24) is 24.5 Å². The van der Waals surface area contributed by atoms with Crippen LogP contribution < -0.4 is 0 Å². The standard InChI is InChI=1S/C67H48N6/c1-42-25-29-53(44(3)33-42)51-27-31-55-56-32-28-52(54-30-26-43(2)34-45(54)4)38-64(56)73(63(55)37-51)65-57(66-69-59(47-17-9-5-10-18-47)39-60(70-66)48-19-11-6-12-20-48)35-46(41-68)36-58(65)67-71-61(49-21-13-7-14-22-49)40-62(72-67)50-23-15-8-16-24-50/h5-40H,1-4H3. The van der Waals surface area contributed by atoms with Gasteiger partial charge >= 0.3 is 0 Å². The normalized spacial score (nSPS) is 11.3. The third kappa shape index (κ3) is 8.43. The summed E-state index contributed by atoms with van der Waals surface area (Å²) in [6.07, 6.45) is 0. The van der Waals surface area contributed by atoms with Gasteiger partial charge in [-0.25, -0.2) is 19.9 Å². The molecule has 0 saturated heterocycles. The van der Waals surface area contributed by atoms with E-state index in [4.69, 9.17) is 19.9 Å². The van der Waals surface area contributed by atoms with Crippen LogP contribution in [0.3, 0.4) is 0 Å². The summed E-state index contributed by atoms with van der Waals surface area (Å²) in [5.41, 5.74) is 20.5. The SMILES string of the molecule is Cc1ccc(-c2ccc3c4ccc(-c5ccc(C)cc5C)cc4n(-c4c(-c5nc(-c6ccccc6)cc(-c6ccccc6)n5)cc(C#N)cc4-c4nc(-c5ccccc5)cc(-c5ccccc5)n4)c3c2)c(C)c1. The highest BCUT2D eigenvalue weighted by Gasteiger charge is 2.26. The van der Waals surface area contributed by atoms with Crippen molar-refractivity contribution >= 4 is 21.8 Å². The van der Waals surface area contributed by atoms with E-state index >= 15 is 0 Å². The predicted molar refractivity (Wildman–Crippen MR) is 299 cm³/mol. The lowest BCUT2D eigenvalue weighted by Crippen LogP contribution is -2.07. The Morgan fingerprint density at radius 3 is 1.03 bits per heavy atom. The van der Waals surface area contributed by atoms with Crippen LogP contribution >= 0.6 is 0 Å². The summed E-state index contributed by atoms with van der Waals surface area (Å²) in [5, 5.41) is 13.3. The molecule has 0 amide bonds. The Hall–Kier alpha value is -9.57. The Bertz CT molecular complexity index is 3740. The largest absolute Gasteiger partial charge is 0.308 e. The highest BCUT2D eigenvalue weighted by molar-refractivity contribution is 6.12. The Morgan fingerprint density at radius 2 is 0.699 bits per heavy atom. The van der Waals surface area contributed by atoms with E-state index in [1.54, 1.807) is 0 Å². The number of aromatic nitrogens is 5. The molecule has 346 valence electrons. The fourth-order valence-corrected chi connectivity index (χ4v) is 10.3. The van der Waals surface area contributed by atoms with E-state index in [9.17, 15) is 5.26 Å². The number of rotatable bonds is 9. The molecule has 0 aliphatic carbocycles. The van der Waals surface area contributed by atoms with Crippen molar-refractivity contribution in [2.45, 2.75) is 27.7 Å². The number of hydrogen-bond donors (Lipinski definition) is 0. The van der Waals surface area contributed by atoms with Crippen molar-refractivity contribution in [3.05, 3.63) is 246 Å². The van der Waals surface area contributed by atoms with E-state index in [0.29, 0.717) is 28.3 Å². The molecule has 9 aromatic carbocycles. The zero-order valence-corrected chi connectivity index (χ0v) is 41.0. The third-order valence-electron chi connectivity index (χ3n) is 13.8. The topological polar surface area (TPSA) is 80.3 Å². The van der Waals surface area contributed by atoms with Gasteiger partial charge in [0.1, 0.15) is 0 Å². The third-order valence-corrected chi connectivity index (χ3v) is 13.8. The van der Waals surface area contributed by atoms with Gasteiger partial charge in [-0.2, -0.15) is 5.26 Å². The molecule has 0 aliphatic rings. The molecule has 0 aliphatic heterocycles. The van der Waals surface area contributed by atoms with E-state index in [1.165, 1.54) is 22.3 Å². The Morgan fingerprint density at radius 1 is 0.342 bits per heavy atom. The van der Waals surface area contributed by atoms with E-state index in [1.807, 2.05) is 97.1 Å². The molecule has 0 fully saturated rings. The molecule has 0 N–H and O–H groups in total. The van der Waals surface area contributed by atoms with Gasteiger partial charge in [0.25, 0.3) is 0 Å². The van der Waals surface area contributed by atoms with Crippen LogP contribution in [0.5, 0.6) is 0 Å². The monoisotopic (exact) mass is 936 g/mol. The van der Waals surface area contributed by atoms with Crippen LogP contribution in [0.4, 0.5) is 0 Å². The van der Waals surface area contributed by atoms with Crippen molar-refractivity contribution in [1.29, 1.82) is 5.26 Å². The van der Waals surface area contributed by atoms with Crippen LogP contribution in [0.1, 0.15) is 27.8 Å². The molecule has 6 heteroatoms. The second-order valence-electron chi connectivity index (χ2n) is 18.9. The molecule has 0 bridgehead atoms. The Kier molecular flexibility index (Phi) is 11.4. The molecule has 73 heavy (non-hydrogen) atoms. The lowest BCUT2D eigenvalue weighted by Gasteiger charge is -2.20. The smallest absolute Gasteiger partial charge is 0.162 e. The van der Waals surface area contributed by atoms with Crippen LogP contribution in [-0.2, 0) is 0 Å². The van der Waals surface area contributed by atoms with Crippen molar-refractivity contribution in [3.63, 3.8) is 0 Å². The fourth-order valence-electron chi connectivity index (χ4n) is 10.3. The summed E-state index contributed by atoms with van der Waals surface area (Å²) in [6.45, 7) is 8.63. The maximum atomic E-state index is 11.2. The molecule has 6 nitrogen and oxygen atoms in total. The van der Waals surface area contributed by atoms with Gasteiger partial charge in [0.15, 0.2) is 11.6 Å². The molecule has 0 atom stereocenters. The number of hydrogen-bond acceptors (Lipinski definition) is 5. The van der Waals surface area contributed by atoms with Gasteiger partial charge in [0, 0.05) is 44.2 Å². The first-order chi connectivity index (χ1) is 35.8. The van der Waals surface area contributed by atoms with Gasteiger partial charge in [-0.3, -0.25) is 0 Å². The van der Waals surface area contributed by atoms with E-state index < -0.39 is 0 Å².